The molecule has 0 radical (unpaired) electrons. The Morgan fingerprint density at radius 3 is 2.47 bits per heavy atom. The Hall–Kier alpha value is -2.19. The second-order valence-electron chi connectivity index (χ2n) is 3.34. The number of rotatable bonds is 3. The SMILES string of the molecule is CC(=O)Nc1ccc(C=C(C#N)C(N)=S)cc1. The molecule has 86 valence electrons. The summed E-state index contributed by atoms with van der Waals surface area (Å²) < 4.78 is 0. The molecule has 0 saturated heterocycles. The van der Waals surface area contributed by atoms with Crippen LogP contribution in [0.5, 0.6) is 0 Å². The summed E-state index contributed by atoms with van der Waals surface area (Å²) in [6.45, 7) is 1.44. The fourth-order valence-corrected chi connectivity index (χ4v) is 1.30. The molecule has 4 nitrogen and oxygen atoms in total. The molecule has 0 aliphatic rings. The molecule has 1 rings (SSSR count). The molecule has 0 spiro atoms. The Kier molecular flexibility index (Phi) is 4.37. The number of benzene rings is 1. The predicted octanol–water partition coefficient (Wildman–Crippen LogP) is 1.84. The van der Waals surface area contributed by atoms with Gasteiger partial charge in [-0.2, -0.15) is 5.26 Å². The summed E-state index contributed by atoms with van der Waals surface area (Å²) in [6.07, 6.45) is 1.60. The van der Waals surface area contributed by atoms with Crippen LogP contribution in [-0.2, 0) is 4.79 Å². The molecule has 1 aromatic rings. The average Bonchev–Trinajstić information content (AvgIpc) is 2.26. The molecule has 0 heterocycles. The van der Waals surface area contributed by atoms with E-state index in [1.165, 1.54) is 6.92 Å². The first-order valence-corrected chi connectivity index (χ1v) is 5.23. The summed E-state index contributed by atoms with van der Waals surface area (Å²) in [5.74, 6) is -0.130. The van der Waals surface area contributed by atoms with Crippen LogP contribution in [0.15, 0.2) is 29.8 Å². The van der Waals surface area contributed by atoms with Crippen molar-refractivity contribution in [2.45, 2.75) is 6.92 Å². The maximum Gasteiger partial charge on any atom is 0.221 e. The number of hydrogen-bond acceptors (Lipinski definition) is 3. The minimum Gasteiger partial charge on any atom is -0.389 e. The van der Waals surface area contributed by atoms with Crippen LogP contribution in [0.4, 0.5) is 5.69 Å². The lowest BCUT2D eigenvalue weighted by molar-refractivity contribution is -0.114. The van der Waals surface area contributed by atoms with Crippen molar-refractivity contribution < 1.29 is 4.79 Å². The van der Waals surface area contributed by atoms with Gasteiger partial charge in [0.15, 0.2) is 0 Å². The maximum absolute atomic E-state index is 10.8. The van der Waals surface area contributed by atoms with Gasteiger partial charge in [-0.3, -0.25) is 4.79 Å². The molecule has 0 saturated carbocycles. The molecule has 0 unspecified atom stereocenters. The summed E-state index contributed by atoms with van der Waals surface area (Å²) in [6, 6.07) is 8.93. The molecule has 0 bridgehead atoms. The third-order valence-electron chi connectivity index (χ3n) is 1.93. The topological polar surface area (TPSA) is 78.9 Å². The van der Waals surface area contributed by atoms with Gasteiger partial charge in [0.25, 0.3) is 0 Å². The highest BCUT2D eigenvalue weighted by Gasteiger charge is 2.00. The fraction of sp³-hybridized carbons (Fsp3) is 0.0833. The van der Waals surface area contributed by atoms with Gasteiger partial charge >= 0.3 is 0 Å². The first-order chi connectivity index (χ1) is 8.02. The van der Waals surface area contributed by atoms with Crippen molar-refractivity contribution in [3.8, 4) is 6.07 Å². The number of carbonyl (C=O) groups excluding carboxylic acids is 1. The minimum atomic E-state index is -0.130. The zero-order chi connectivity index (χ0) is 12.8. The Labute approximate surface area is 105 Å². The number of thiocarbonyl (C=S) groups is 1. The third kappa shape index (κ3) is 4.05. The molecule has 0 atom stereocenters. The van der Waals surface area contributed by atoms with E-state index < -0.39 is 0 Å². The highest BCUT2D eigenvalue weighted by molar-refractivity contribution is 7.80. The number of amides is 1. The van der Waals surface area contributed by atoms with Gasteiger partial charge in [0.2, 0.25) is 5.91 Å². The Bertz CT molecular complexity index is 512. The van der Waals surface area contributed by atoms with Crippen LogP contribution in [0.2, 0.25) is 0 Å². The molecule has 1 amide bonds. The number of carbonyl (C=O) groups is 1. The molecule has 17 heavy (non-hydrogen) atoms. The predicted molar refractivity (Wildman–Crippen MR) is 71.1 cm³/mol. The standard InChI is InChI=1S/C12H11N3OS/c1-8(16)15-11-4-2-9(3-5-11)6-10(7-13)12(14)17/h2-6H,1H3,(H2,14,17)(H,15,16). The van der Waals surface area contributed by atoms with Gasteiger partial charge in [0.1, 0.15) is 11.1 Å². The van der Waals surface area contributed by atoms with Crippen LogP contribution in [0.3, 0.4) is 0 Å². The Morgan fingerprint density at radius 2 is 2.06 bits per heavy atom. The van der Waals surface area contributed by atoms with Crippen molar-refractivity contribution in [2.75, 3.05) is 5.32 Å². The highest BCUT2D eigenvalue weighted by Crippen LogP contribution is 2.12. The van der Waals surface area contributed by atoms with Crippen molar-refractivity contribution in [1.82, 2.24) is 0 Å². The van der Waals surface area contributed by atoms with E-state index in [-0.39, 0.29) is 16.5 Å². The van der Waals surface area contributed by atoms with Crippen LogP contribution in [0.1, 0.15) is 12.5 Å². The molecular weight excluding hydrogens is 234 g/mol. The number of nitrogens with zero attached hydrogens (tertiary/aromatic N) is 1. The zero-order valence-corrected chi connectivity index (χ0v) is 10.0. The summed E-state index contributed by atoms with van der Waals surface area (Å²) >= 11 is 4.73. The third-order valence-corrected chi connectivity index (χ3v) is 2.15. The number of nitrogens with two attached hydrogens (primary N) is 1. The minimum absolute atomic E-state index is 0.0680. The van der Waals surface area contributed by atoms with Crippen LogP contribution in [0.25, 0.3) is 6.08 Å². The van der Waals surface area contributed by atoms with Gasteiger partial charge in [-0.15, -0.1) is 0 Å². The van der Waals surface area contributed by atoms with Crippen LogP contribution in [-0.4, -0.2) is 10.9 Å². The zero-order valence-electron chi connectivity index (χ0n) is 9.23. The van der Waals surface area contributed by atoms with Gasteiger partial charge in [-0.1, -0.05) is 24.4 Å². The molecule has 1 aromatic carbocycles. The molecule has 0 fully saturated rings. The second-order valence-corrected chi connectivity index (χ2v) is 3.78. The fourth-order valence-electron chi connectivity index (χ4n) is 1.19. The number of anilines is 1. The van der Waals surface area contributed by atoms with E-state index in [4.69, 9.17) is 23.2 Å². The van der Waals surface area contributed by atoms with E-state index in [0.29, 0.717) is 5.69 Å². The molecule has 3 N–H and O–H groups in total. The quantitative estimate of drug-likeness (QED) is 0.484. The Balaban J connectivity index is 2.92. The Morgan fingerprint density at radius 1 is 1.47 bits per heavy atom. The number of nitrogens with one attached hydrogen (secondary N) is 1. The summed E-state index contributed by atoms with van der Waals surface area (Å²) in [5, 5.41) is 11.4. The van der Waals surface area contributed by atoms with Gasteiger partial charge in [0, 0.05) is 12.6 Å². The van der Waals surface area contributed by atoms with E-state index in [1.807, 2.05) is 6.07 Å². The van der Waals surface area contributed by atoms with E-state index >= 15 is 0 Å². The lowest BCUT2D eigenvalue weighted by Crippen LogP contribution is -2.09. The van der Waals surface area contributed by atoms with Crippen molar-refractivity contribution in [3.63, 3.8) is 0 Å². The van der Waals surface area contributed by atoms with Gasteiger partial charge in [0.05, 0.1) is 5.57 Å². The monoisotopic (exact) mass is 245 g/mol. The van der Waals surface area contributed by atoms with Crippen molar-refractivity contribution in [2.24, 2.45) is 5.73 Å². The first-order valence-electron chi connectivity index (χ1n) is 4.82. The van der Waals surface area contributed by atoms with E-state index in [9.17, 15) is 4.79 Å². The molecule has 0 aromatic heterocycles. The van der Waals surface area contributed by atoms with E-state index in [1.54, 1.807) is 30.3 Å². The molecule has 5 heteroatoms. The van der Waals surface area contributed by atoms with Crippen LogP contribution < -0.4 is 11.1 Å². The van der Waals surface area contributed by atoms with Gasteiger partial charge in [-0.25, -0.2) is 0 Å². The summed E-state index contributed by atoms with van der Waals surface area (Å²) in [4.78, 5) is 10.9. The lowest BCUT2D eigenvalue weighted by Gasteiger charge is -2.02. The second kappa shape index (κ2) is 5.77. The first kappa shape index (κ1) is 12.9. The maximum atomic E-state index is 10.8. The number of hydrogen-bond donors (Lipinski definition) is 2. The van der Waals surface area contributed by atoms with Crippen molar-refractivity contribution >= 4 is 34.9 Å². The van der Waals surface area contributed by atoms with Crippen molar-refractivity contribution in [3.05, 3.63) is 35.4 Å². The van der Waals surface area contributed by atoms with Gasteiger partial charge in [-0.05, 0) is 23.8 Å². The van der Waals surface area contributed by atoms with Crippen LogP contribution >= 0.6 is 12.2 Å². The molecular formula is C12H11N3OS. The van der Waals surface area contributed by atoms with E-state index in [2.05, 4.69) is 5.32 Å². The van der Waals surface area contributed by atoms with E-state index in [0.717, 1.165) is 5.56 Å². The normalized spacial score (nSPS) is 10.5. The molecule has 0 aliphatic carbocycles. The largest absolute Gasteiger partial charge is 0.389 e. The van der Waals surface area contributed by atoms with Gasteiger partial charge < -0.3 is 11.1 Å². The summed E-state index contributed by atoms with van der Waals surface area (Å²) in [5.41, 5.74) is 7.12. The van der Waals surface area contributed by atoms with Crippen molar-refractivity contribution in [1.29, 1.82) is 5.26 Å². The number of nitriles is 1. The highest BCUT2D eigenvalue weighted by atomic mass is 32.1. The molecule has 0 aliphatic heterocycles. The summed E-state index contributed by atoms with van der Waals surface area (Å²) in [7, 11) is 0. The average molecular weight is 245 g/mol. The van der Waals surface area contributed by atoms with Crippen LogP contribution in [0, 0.1) is 11.3 Å². The smallest absolute Gasteiger partial charge is 0.221 e. The lowest BCUT2D eigenvalue weighted by atomic mass is 10.1.